The van der Waals surface area contributed by atoms with Gasteiger partial charge < -0.3 is 33.8 Å². The second-order valence-corrected chi connectivity index (χ2v) is 31.4. The number of unbranched alkanes of at least 4 members (excludes halogenated alkanes) is 41. The number of aliphatic hydroxyl groups excluding tert-OH is 1. The van der Waals surface area contributed by atoms with Gasteiger partial charge in [0, 0.05) is 25.7 Å². The number of ether oxygens (including phenoxy) is 4. The molecule has 0 saturated carbocycles. The van der Waals surface area contributed by atoms with Gasteiger partial charge in [0.2, 0.25) is 0 Å². The predicted molar refractivity (Wildman–Crippen MR) is 381 cm³/mol. The van der Waals surface area contributed by atoms with E-state index >= 15 is 0 Å². The highest BCUT2D eigenvalue weighted by molar-refractivity contribution is 7.47. The molecule has 17 nitrogen and oxygen atoms in total. The van der Waals surface area contributed by atoms with E-state index in [0.29, 0.717) is 25.7 Å². The van der Waals surface area contributed by atoms with Crippen molar-refractivity contribution in [2.75, 3.05) is 39.6 Å². The number of hydrogen-bond acceptors (Lipinski definition) is 15. The summed E-state index contributed by atoms with van der Waals surface area (Å²) >= 11 is 0. The zero-order chi connectivity index (χ0) is 69.4. The molecule has 0 aliphatic heterocycles. The second-order valence-electron chi connectivity index (χ2n) is 28.5. The van der Waals surface area contributed by atoms with Gasteiger partial charge in [0.15, 0.2) is 12.2 Å². The lowest BCUT2D eigenvalue weighted by Gasteiger charge is -2.21. The van der Waals surface area contributed by atoms with E-state index < -0.39 is 97.5 Å². The van der Waals surface area contributed by atoms with Gasteiger partial charge in [-0.2, -0.15) is 0 Å². The highest BCUT2D eigenvalue weighted by atomic mass is 31.2. The quantitative estimate of drug-likeness (QED) is 0.0222. The summed E-state index contributed by atoms with van der Waals surface area (Å²) in [7, 11) is -9.91. The van der Waals surface area contributed by atoms with Gasteiger partial charge in [-0.3, -0.25) is 37.3 Å². The Hall–Kier alpha value is -1.94. The van der Waals surface area contributed by atoms with E-state index in [-0.39, 0.29) is 25.7 Å². The maximum Gasteiger partial charge on any atom is 0.472 e. The lowest BCUT2D eigenvalue weighted by atomic mass is 10.0. The summed E-state index contributed by atoms with van der Waals surface area (Å²) in [5.74, 6) is 0.177. The summed E-state index contributed by atoms with van der Waals surface area (Å²) in [6, 6.07) is 0. The van der Waals surface area contributed by atoms with Crippen LogP contribution in [0, 0.1) is 17.8 Å². The number of rotatable bonds is 73. The maximum atomic E-state index is 13.1. The first-order valence-corrected chi connectivity index (χ1v) is 41.8. The molecule has 0 aromatic heterocycles. The minimum absolute atomic E-state index is 0.105. The maximum absolute atomic E-state index is 13.1. The van der Waals surface area contributed by atoms with E-state index in [2.05, 4.69) is 48.5 Å². The van der Waals surface area contributed by atoms with Crippen molar-refractivity contribution in [1.29, 1.82) is 0 Å². The first kappa shape index (κ1) is 92.1. The van der Waals surface area contributed by atoms with Crippen LogP contribution in [0.25, 0.3) is 0 Å². The highest BCUT2D eigenvalue weighted by Crippen LogP contribution is 2.45. The monoisotopic (exact) mass is 1380 g/mol. The zero-order valence-electron chi connectivity index (χ0n) is 61.4. The third-order valence-corrected chi connectivity index (χ3v) is 19.3. The van der Waals surface area contributed by atoms with Crippen molar-refractivity contribution in [3.8, 4) is 0 Å². The normalized spacial score (nSPS) is 14.1. The molecular weight excluding hydrogens is 1230 g/mol. The molecule has 0 heterocycles. The Morgan fingerprint density at radius 2 is 0.489 bits per heavy atom. The molecule has 0 aromatic rings. The molecule has 19 heteroatoms. The van der Waals surface area contributed by atoms with Crippen molar-refractivity contribution >= 4 is 39.5 Å². The number of carbonyl (C=O) groups is 4. The van der Waals surface area contributed by atoms with Gasteiger partial charge in [-0.05, 0) is 43.4 Å². The van der Waals surface area contributed by atoms with Gasteiger partial charge in [0.05, 0.1) is 26.4 Å². The Morgan fingerprint density at radius 1 is 0.287 bits per heavy atom. The van der Waals surface area contributed by atoms with Crippen LogP contribution in [0.5, 0.6) is 0 Å². The van der Waals surface area contributed by atoms with Crippen molar-refractivity contribution in [2.45, 2.75) is 401 Å². The average molecular weight is 1380 g/mol. The van der Waals surface area contributed by atoms with Gasteiger partial charge in [-0.1, -0.05) is 331 Å². The van der Waals surface area contributed by atoms with Crippen LogP contribution in [0.4, 0.5) is 0 Å². The van der Waals surface area contributed by atoms with Crippen molar-refractivity contribution in [1.82, 2.24) is 0 Å². The van der Waals surface area contributed by atoms with Crippen molar-refractivity contribution < 1.29 is 80.2 Å². The predicted octanol–water partition coefficient (Wildman–Crippen LogP) is 21.8. The standard InChI is InChI=1S/C75H146O17P2/c1-8-9-10-11-12-13-20-27-35-42-49-56-72(77)85-63-71(92-75(80)59-52-45-38-31-30-34-41-48-55-68(6)7)65-90-94(83,84)88-61-69(76)60-87-93(81,82)89-64-70(91-74(79)58-51-44-37-29-24-19-15-17-22-26-33-40-47-54-67(4)5)62-86-73(78)57-50-43-36-28-23-18-14-16-21-25-32-39-46-53-66(2)3/h66-71,76H,8-65H2,1-7H3,(H,81,82)(H,83,84)/t69-,70-,71-/m1/s1. The fraction of sp³-hybridized carbons (Fsp3) is 0.947. The van der Waals surface area contributed by atoms with Crippen LogP contribution in [-0.4, -0.2) is 96.7 Å². The van der Waals surface area contributed by atoms with Gasteiger partial charge >= 0.3 is 39.5 Å². The summed E-state index contributed by atoms with van der Waals surface area (Å²) in [6.07, 6.45) is 51.3. The molecule has 0 aliphatic rings. The molecule has 5 atom stereocenters. The van der Waals surface area contributed by atoms with Gasteiger partial charge in [-0.15, -0.1) is 0 Å². The third-order valence-electron chi connectivity index (χ3n) is 17.4. The van der Waals surface area contributed by atoms with Crippen LogP contribution in [0.1, 0.15) is 382 Å². The Bertz CT molecular complexity index is 1840. The summed E-state index contributed by atoms with van der Waals surface area (Å²) in [4.78, 5) is 72.8. The molecule has 2 unspecified atom stereocenters. The molecular formula is C75H146O17P2. The zero-order valence-corrected chi connectivity index (χ0v) is 63.2. The summed E-state index contributed by atoms with van der Waals surface area (Å²) in [5, 5.41) is 10.6. The molecule has 94 heavy (non-hydrogen) atoms. The lowest BCUT2D eigenvalue weighted by Crippen LogP contribution is -2.30. The van der Waals surface area contributed by atoms with E-state index in [4.69, 9.17) is 37.0 Å². The van der Waals surface area contributed by atoms with Gasteiger partial charge in [-0.25, -0.2) is 9.13 Å². The molecule has 0 saturated heterocycles. The fourth-order valence-electron chi connectivity index (χ4n) is 11.4. The first-order chi connectivity index (χ1) is 45.2. The molecule has 0 aliphatic carbocycles. The van der Waals surface area contributed by atoms with E-state index in [1.807, 2.05) is 0 Å². The SMILES string of the molecule is CCCCCCCCCCCCCC(=O)OC[C@H](COP(=O)(O)OC[C@H](O)COP(=O)(O)OC[C@@H](COC(=O)CCCCCCCCCCCCCCCC(C)C)OC(=O)CCCCCCCCCCCCCCCC(C)C)OC(=O)CCCCCCCCCCC(C)C. The summed E-state index contributed by atoms with van der Waals surface area (Å²) in [6.45, 7) is 11.9. The Labute approximate surface area is 575 Å². The summed E-state index contributed by atoms with van der Waals surface area (Å²) in [5.41, 5.74) is 0. The van der Waals surface area contributed by atoms with E-state index in [1.165, 1.54) is 193 Å². The molecule has 0 amide bonds. The van der Waals surface area contributed by atoms with Crippen molar-refractivity contribution in [2.24, 2.45) is 17.8 Å². The lowest BCUT2D eigenvalue weighted by molar-refractivity contribution is -0.161. The topological polar surface area (TPSA) is 237 Å². The van der Waals surface area contributed by atoms with Crippen LogP contribution in [0.3, 0.4) is 0 Å². The van der Waals surface area contributed by atoms with Gasteiger partial charge in [0.25, 0.3) is 0 Å². The number of phosphoric acid groups is 2. The number of hydrogen-bond donors (Lipinski definition) is 3. The van der Waals surface area contributed by atoms with E-state index in [9.17, 15) is 43.2 Å². The van der Waals surface area contributed by atoms with Crippen molar-refractivity contribution in [3.63, 3.8) is 0 Å². The molecule has 3 N–H and O–H groups in total. The number of aliphatic hydroxyl groups is 1. The van der Waals surface area contributed by atoms with Crippen LogP contribution < -0.4 is 0 Å². The van der Waals surface area contributed by atoms with E-state index in [0.717, 1.165) is 108 Å². The molecule has 558 valence electrons. The largest absolute Gasteiger partial charge is 0.472 e. The number of esters is 4. The molecule has 0 rings (SSSR count). The van der Waals surface area contributed by atoms with Crippen molar-refractivity contribution in [3.05, 3.63) is 0 Å². The smallest absolute Gasteiger partial charge is 0.462 e. The average Bonchev–Trinajstić information content (AvgIpc) is 1.40. The molecule has 0 fully saturated rings. The van der Waals surface area contributed by atoms with Gasteiger partial charge in [0.1, 0.15) is 19.3 Å². The third kappa shape index (κ3) is 68.6. The Morgan fingerprint density at radius 3 is 0.723 bits per heavy atom. The second kappa shape index (κ2) is 65.7. The van der Waals surface area contributed by atoms with Crippen LogP contribution in [0.15, 0.2) is 0 Å². The van der Waals surface area contributed by atoms with Crippen LogP contribution in [-0.2, 0) is 65.4 Å². The van der Waals surface area contributed by atoms with E-state index in [1.54, 1.807) is 0 Å². The van der Waals surface area contributed by atoms with Crippen LogP contribution in [0.2, 0.25) is 0 Å². The highest BCUT2D eigenvalue weighted by Gasteiger charge is 2.30. The fourth-order valence-corrected chi connectivity index (χ4v) is 13.0. The molecule has 0 bridgehead atoms. The number of carbonyl (C=O) groups excluding carboxylic acids is 4. The van der Waals surface area contributed by atoms with Crippen LogP contribution >= 0.6 is 15.6 Å². The molecule has 0 aromatic carbocycles. The minimum atomic E-state index is -4.96. The molecule has 0 radical (unpaired) electrons. The first-order valence-electron chi connectivity index (χ1n) is 38.8. The summed E-state index contributed by atoms with van der Waals surface area (Å²) < 4.78 is 68.5. The minimum Gasteiger partial charge on any atom is -0.462 e. The number of phosphoric ester groups is 2. The molecule has 0 spiro atoms. The Kier molecular flexibility index (Phi) is 64.3. The Balaban J connectivity index is 5.25.